The fraction of sp³-hybridized carbons (Fsp3) is 0.438. The van der Waals surface area contributed by atoms with Crippen LogP contribution in [-0.4, -0.2) is 13.1 Å². The summed E-state index contributed by atoms with van der Waals surface area (Å²) in [4.78, 5) is 11.7. The number of rotatable bonds is 8. The molecule has 0 bridgehead atoms. The van der Waals surface area contributed by atoms with Crippen molar-refractivity contribution in [2.24, 2.45) is 0 Å². The molecule has 0 aliphatic carbocycles. The van der Waals surface area contributed by atoms with Gasteiger partial charge in [-0.1, -0.05) is 26.2 Å². The lowest BCUT2D eigenvalue weighted by Gasteiger charge is -2.01. The van der Waals surface area contributed by atoms with Crippen LogP contribution in [0.2, 0.25) is 0 Å². The third-order valence-corrected chi connectivity index (χ3v) is 2.82. The number of allylic oxidation sites excluding steroid dienone is 1. The molecular weight excluding hydrogens is 240 g/mol. The van der Waals surface area contributed by atoms with Crippen molar-refractivity contribution in [2.75, 3.05) is 7.11 Å². The Bertz CT molecular complexity index is 393. The quantitative estimate of drug-likeness (QED) is 0.397. The lowest BCUT2D eigenvalue weighted by molar-refractivity contribution is 0.0662. The number of unbranched alkanes of at least 4 members (excludes halogenated alkanes) is 4. The van der Waals surface area contributed by atoms with Crippen molar-refractivity contribution in [1.82, 2.24) is 0 Å². The topological polar surface area (TPSA) is 35.5 Å². The minimum atomic E-state index is -0.340. The van der Waals surface area contributed by atoms with Crippen molar-refractivity contribution in [3.63, 3.8) is 0 Å². The Morgan fingerprint density at radius 3 is 2.53 bits per heavy atom. The van der Waals surface area contributed by atoms with E-state index in [0.29, 0.717) is 5.56 Å². The van der Waals surface area contributed by atoms with Crippen LogP contribution in [0.15, 0.2) is 36.6 Å². The predicted octanol–water partition coefficient (Wildman–Crippen LogP) is 4.34. The molecule has 3 nitrogen and oxygen atoms in total. The van der Waals surface area contributed by atoms with Crippen LogP contribution in [0.3, 0.4) is 0 Å². The van der Waals surface area contributed by atoms with Gasteiger partial charge in [0.25, 0.3) is 0 Å². The van der Waals surface area contributed by atoms with Crippen molar-refractivity contribution >= 4 is 5.97 Å². The van der Waals surface area contributed by atoms with Gasteiger partial charge in [-0.3, -0.25) is 0 Å². The number of hydrogen-bond donors (Lipinski definition) is 0. The molecule has 1 rings (SSSR count). The van der Waals surface area contributed by atoms with Gasteiger partial charge in [-0.15, -0.1) is 0 Å². The van der Waals surface area contributed by atoms with Gasteiger partial charge < -0.3 is 9.47 Å². The number of ether oxygens (including phenoxy) is 2. The summed E-state index contributed by atoms with van der Waals surface area (Å²) in [6.45, 7) is 2.19. The summed E-state index contributed by atoms with van der Waals surface area (Å²) in [6.07, 6.45) is 9.21. The highest BCUT2D eigenvalue weighted by atomic mass is 16.5. The standard InChI is InChI=1S/C16H22O3/c1-3-4-5-6-7-8-13-19-16(17)14-9-11-15(18-2)12-10-14/h8-13H,3-7H2,1-2H3/b13-8+. The number of esters is 1. The van der Waals surface area contributed by atoms with Crippen LogP contribution in [0.4, 0.5) is 0 Å². The lowest BCUT2D eigenvalue weighted by Crippen LogP contribution is -2.00. The molecule has 0 heterocycles. The first-order valence-electron chi connectivity index (χ1n) is 6.78. The van der Waals surface area contributed by atoms with Gasteiger partial charge in [0.2, 0.25) is 0 Å². The summed E-state index contributed by atoms with van der Waals surface area (Å²) >= 11 is 0. The normalized spacial score (nSPS) is 10.6. The van der Waals surface area contributed by atoms with E-state index in [2.05, 4.69) is 6.92 Å². The summed E-state index contributed by atoms with van der Waals surface area (Å²) in [6, 6.07) is 6.86. The largest absolute Gasteiger partial charge is 0.497 e. The third-order valence-electron chi connectivity index (χ3n) is 2.82. The van der Waals surface area contributed by atoms with Gasteiger partial charge in [-0.2, -0.15) is 0 Å². The maximum absolute atomic E-state index is 11.7. The van der Waals surface area contributed by atoms with Crippen LogP contribution < -0.4 is 4.74 Å². The highest BCUT2D eigenvalue weighted by Gasteiger charge is 2.04. The van der Waals surface area contributed by atoms with E-state index < -0.39 is 0 Å². The van der Waals surface area contributed by atoms with E-state index in [0.717, 1.165) is 18.6 Å². The Morgan fingerprint density at radius 2 is 1.89 bits per heavy atom. The monoisotopic (exact) mass is 262 g/mol. The maximum Gasteiger partial charge on any atom is 0.342 e. The molecule has 0 unspecified atom stereocenters. The molecule has 19 heavy (non-hydrogen) atoms. The molecule has 0 saturated heterocycles. The first-order chi connectivity index (χ1) is 9.27. The average molecular weight is 262 g/mol. The minimum Gasteiger partial charge on any atom is -0.497 e. The zero-order valence-electron chi connectivity index (χ0n) is 11.7. The number of benzene rings is 1. The van der Waals surface area contributed by atoms with Gasteiger partial charge in [0.1, 0.15) is 5.75 Å². The Labute approximate surface area is 115 Å². The molecule has 0 fully saturated rings. The molecule has 1 aromatic rings. The molecular formula is C16H22O3. The second-order valence-corrected chi connectivity index (χ2v) is 4.35. The summed E-state index contributed by atoms with van der Waals surface area (Å²) in [7, 11) is 1.59. The molecule has 0 aliphatic rings. The average Bonchev–Trinajstić information content (AvgIpc) is 2.46. The molecule has 0 aromatic heterocycles. The van der Waals surface area contributed by atoms with E-state index in [1.807, 2.05) is 6.08 Å². The fourth-order valence-corrected chi connectivity index (χ4v) is 1.66. The van der Waals surface area contributed by atoms with Crippen LogP contribution in [0.1, 0.15) is 49.4 Å². The van der Waals surface area contributed by atoms with E-state index in [-0.39, 0.29) is 5.97 Å². The van der Waals surface area contributed by atoms with E-state index in [1.165, 1.54) is 25.5 Å². The zero-order chi connectivity index (χ0) is 13.9. The van der Waals surface area contributed by atoms with E-state index in [9.17, 15) is 4.79 Å². The van der Waals surface area contributed by atoms with Crippen molar-refractivity contribution < 1.29 is 14.3 Å². The van der Waals surface area contributed by atoms with Gasteiger partial charge in [-0.05, 0) is 43.2 Å². The SMILES string of the molecule is CCCCCC/C=C/OC(=O)c1ccc(OC)cc1. The maximum atomic E-state index is 11.7. The van der Waals surface area contributed by atoms with Gasteiger partial charge >= 0.3 is 5.97 Å². The number of methoxy groups -OCH3 is 1. The highest BCUT2D eigenvalue weighted by molar-refractivity contribution is 5.89. The van der Waals surface area contributed by atoms with Gasteiger partial charge in [0.05, 0.1) is 18.9 Å². The fourth-order valence-electron chi connectivity index (χ4n) is 1.66. The molecule has 0 radical (unpaired) electrons. The lowest BCUT2D eigenvalue weighted by atomic mass is 10.1. The Balaban J connectivity index is 2.28. The van der Waals surface area contributed by atoms with Crippen LogP contribution >= 0.6 is 0 Å². The number of carbonyl (C=O) groups excluding carboxylic acids is 1. The molecule has 0 aliphatic heterocycles. The molecule has 0 atom stereocenters. The molecule has 0 amide bonds. The second kappa shape index (κ2) is 9.20. The zero-order valence-corrected chi connectivity index (χ0v) is 11.7. The van der Waals surface area contributed by atoms with Crippen molar-refractivity contribution in [1.29, 1.82) is 0 Å². The summed E-state index contributed by atoms with van der Waals surface area (Å²) < 4.78 is 10.1. The van der Waals surface area contributed by atoms with Crippen molar-refractivity contribution in [3.8, 4) is 5.75 Å². The van der Waals surface area contributed by atoms with Crippen molar-refractivity contribution in [2.45, 2.75) is 39.0 Å². The molecule has 0 spiro atoms. The summed E-state index contributed by atoms with van der Waals surface area (Å²) in [5.41, 5.74) is 0.524. The van der Waals surface area contributed by atoms with Crippen LogP contribution in [0.5, 0.6) is 5.75 Å². The second-order valence-electron chi connectivity index (χ2n) is 4.35. The van der Waals surface area contributed by atoms with Gasteiger partial charge in [0, 0.05) is 0 Å². The van der Waals surface area contributed by atoms with E-state index in [4.69, 9.17) is 9.47 Å². The number of hydrogen-bond acceptors (Lipinski definition) is 3. The number of carbonyl (C=O) groups is 1. The van der Waals surface area contributed by atoms with Crippen LogP contribution in [-0.2, 0) is 4.74 Å². The Kier molecular flexibility index (Phi) is 7.40. The first-order valence-corrected chi connectivity index (χ1v) is 6.78. The molecule has 104 valence electrons. The Hall–Kier alpha value is -1.77. The highest BCUT2D eigenvalue weighted by Crippen LogP contribution is 2.12. The molecule has 0 N–H and O–H groups in total. The van der Waals surface area contributed by atoms with Gasteiger partial charge in [0.15, 0.2) is 0 Å². The van der Waals surface area contributed by atoms with Crippen LogP contribution in [0, 0.1) is 0 Å². The molecule has 0 saturated carbocycles. The third kappa shape index (κ3) is 6.09. The summed E-state index contributed by atoms with van der Waals surface area (Å²) in [5.74, 6) is 0.385. The molecule has 3 heteroatoms. The van der Waals surface area contributed by atoms with Crippen LogP contribution in [0.25, 0.3) is 0 Å². The first kappa shape index (κ1) is 15.3. The summed E-state index contributed by atoms with van der Waals surface area (Å²) in [5, 5.41) is 0. The smallest absolute Gasteiger partial charge is 0.342 e. The van der Waals surface area contributed by atoms with Crippen molar-refractivity contribution in [3.05, 3.63) is 42.2 Å². The Morgan fingerprint density at radius 1 is 1.16 bits per heavy atom. The minimum absolute atomic E-state index is 0.340. The van der Waals surface area contributed by atoms with E-state index >= 15 is 0 Å². The predicted molar refractivity (Wildman–Crippen MR) is 76.3 cm³/mol. The van der Waals surface area contributed by atoms with E-state index in [1.54, 1.807) is 31.4 Å². The van der Waals surface area contributed by atoms with Gasteiger partial charge in [-0.25, -0.2) is 4.79 Å². The molecule has 1 aromatic carbocycles.